The SMILES string of the molecule is CC(C)(O[Si@H](c1ccccc1)C(C)(C)C)c1ccccc1. The minimum atomic E-state index is -1.58. The Hall–Kier alpha value is -1.38. The molecule has 2 rings (SSSR count). The summed E-state index contributed by atoms with van der Waals surface area (Å²) in [4.78, 5) is 0. The Morgan fingerprint density at radius 2 is 1.19 bits per heavy atom. The molecule has 0 heterocycles. The molecule has 2 heteroatoms. The van der Waals surface area contributed by atoms with E-state index < -0.39 is 9.04 Å². The van der Waals surface area contributed by atoms with Gasteiger partial charge in [0.25, 0.3) is 0 Å². The molecule has 0 saturated heterocycles. The maximum absolute atomic E-state index is 6.71. The Morgan fingerprint density at radius 3 is 1.67 bits per heavy atom. The van der Waals surface area contributed by atoms with E-state index in [4.69, 9.17) is 4.43 Å². The van der Waals surface area contributed by atoms with Gasteiger partial charge >= 0.3 is 0 Å². The van der Waals surface area contributed by atoms with Crippen LogP contribution in [0.2, 0.25) is 5.04 Å². The summed E-state index contributed by atoms with van der Waals surface area (Å²) < 4.78 is 6.71. The van der Waals surface area contributed by atoms with Crippen molar-refractivity contribution in [3.8, 4) is 0 Å². The molecule has 112 valence electrons. The van der Waals surface area contributed by atoms with Gasteiger partial charge in [0.1, 0.15) is 0 Å². The van der Waals surface area contributed by atoms with Crippen LogP contribution in [0.3, 0.4) is 0 Å². The Morgan fingerprint density at radius 1 is 0.714 bits per heavy atom. The maximum Gasteiger partial charge on any atom is 0.214 e. The first-order valence-corrected chi connectivity index (χ1v) is 9.21. The molecule has 2 aromatic carbocycles. The van der Waals surface area contributed by atoms with E-state index in [1.807, 2.05) is 0 Å². The van der Waals surface area contributed by atoms with E-state index in [-0.39, 0.29) is 10.6 Å². The van der Waals surface area contributed by atoms with E-state index in [0.29, 0.717) is 0 Å². The highest BCUT2D eigenvalue weighted by Gasteiger charge is 2.35. The van der Waals surface area contributed by atoms with E-state index in [2.05, 4.69) is 95.3 Å². The van der Waals surface area contributed by atoms with Crippen LogP contribution in [0.4, 0.5) is 0 Å². The molecule has 0 bridgehead atoms. The van der Waals surface area contributed by atoms with Crippen molar-refractivity contribution < 1.29 is 4.43 Å². The molecule has 0 aromatic heterocycles. The number of rotatable bonds is 4. The highest BCUT2D eigenvalue weighted by molar-refractivity contribution is 6.70. The van der Waals surface area contributed by atoms with Crippen molar-refractivity contribution in [2.24, 2.45) is 0 Å². The second kappa shape index (κ2) is 6.16. The van der Waals surface area contributed by atoms with Crippen molar-refractivity contribution in [3.63, 3.8) is 0 Å². The second-order valence-corrected chi connectivity index (χ2v) is 10.5. The van der Waals surface area contributed by atoms with E-state index in [1.54, 1.807) is 0 Å². The Bertz CT molecular complexity index is 555. The van der Waals surface area contributed by atoms with Crippen LogP contribution in [0.1, 0.15) is 40.2 Å². The van der Waals surface area contributed by atoms with Gasteiger partial charge in [-0.3, -0.25) is 0 Å². The second-order valence-electron chi connectivity index (χ2n) is 7.15. The fraction of sp³-hybridized carbons (Fsp3) is 0.368. The third-order valence-electron chi connectivity index (χ3n) is 3.77. The molecule has 1 atom stereocenters. The summed E-state index contributed by atoms with van der Waals surface area (Å²) in [6.07, 6.45) is 0. The lowest BCUT2D eigenvalue weighted by Gasteiger charge is -2.37. The number of hydrogen-bond donors (Lipinski definition) is 0. The summed E-state index contributed by atoms with van der Waals surface area (Å²) in [5.41, 5.74) is 0.976. The van der Waals surface area contributed by atoms with Gasteiger partial charge in [0, 0.05) is 0 Å². The van der Waals surface area contributed by atoms with Gasteiger partial charge in [-0.15, -0.1) is 0 Å². The zero-order valence-corrected chi connectivity index (χ0v) is 14.9. The quantitative estimate of drug-likeness (QED) is 0.762. The summed E-state index contributed by atoms with van der Waals surface area (Å²) in [5.74, 6) is 0. The Labute approximate surface area is 130 Å². The molecule has 0 spiro atoms. The lowest BCUT2D eigenvalue weighted by Crippen LogP contribution is -2.46. The molecule has 0 fully saturated rings. The zero-order valence-electron chi connectivity index (χ0n) is 13.8. The van der Waals surface area contributed by atoms with Crippen molar-refractivity contribution in [1.82, 2.24) is 0 Å². The first kappa shape index (κ1) is 16.0. The van der Waals surface area contributed by atoms with E-state index in [0.717, 1.165) is 0 Å². The molecule has 0 radical (unpaired) electrons. The van der Waals surface area contributed by atoms with Gasteiger partial charge in [-0.1, -0.05) is 81.4 Å². The fourth-order valence-corrected chi connectivity index (χ4v) is 5.36. The summed E-state index contributed by atoms with van der Waals surface area (Å²) in [6.45, 7) is 11.2. The lowest BCUT2D eigenvalue weighted by molar-refractivity contribution is 0.103. The molecular weight excluding hydrogens is 272 g/mol. The molecule has 0 amide bonds. The van der Waals surface area contributed by atoms with Crippen molar-refractivity contribution in [2.75, 3.05) is 0 Å². The van der Waals surface area contributed by atoms with Crippen molar-refractivity contribution in [1.29, 1.82) is 0 Å². The van der Waals surface area contributed by atoms with Crippen LogP contribution < -0.4 is 5.19 Å². The van der Waals surface area contributed by atoms with Crippen LogP contribution in [0, 0.1) is 0 Å². The highest BCUT2D eigenvalue weighted by Crippen LogP contribution is 2.34. The standard InChI is InChI=1S/C19H26OSi/c1-18(2,3)21(17-14-10-7-11-15-17)20-19(4,5)16-12-8-6-9-13-16/h6-15,21H,1-5H3/t21-/m1/s1. The first-order chi connectivity index (χ1) is 9.81. The molecule has 0 aliphatic rings. The molecule has 0 aliphatic heterocycles. The lowest BCUT2D eigenvalue weighted by atomic mass is 9.99. The molecule has 0 N–H and O–H groups in total. The van der Waals surface area contributed by atoms with Gasteiger partial charge in [-0.2, -0.15) is 0 Å². The Balaban J connectivity index is 2.32. The molecule has 2 aromatic rings. The highest BCUT2D eigenvalue weighted by atomic mass is 28.3. The third-order valence-corrected chi connectivity index (χ3v) is 7.16. The topological polar surface area (TPSA) is 9.23 Å². The van der Waals surface area contributed by atoms with Gasteiger partial charge in [0.05, 0.1) is 5.60 Å². The summed E-state index contributed by atoms with van der Waals surface area (Å²) in [6, 6.07) is 21.2. The van der Waals surface area contributed by atoms with Crippen LogP contribution in [0.15, 0.2) is 60.7 Å². The first-order valence-electron chi connectivity index (χ1n) is 7.59. The summed E-state index contributed by atoms with van der Waals surface area (Å²) in [5, 5.41) is 1.54. The van der Waals surface area contributed by atoms with Crippen LogP contribution in [-0.4, -0.2) is 9.04 Å². The molecule has 0 aliphatic carbocycles. The van der Waals surface area contributed by atoms with Crippen molar-refractivity contribution in [2.45, 2.75) is 45.3 Å². The minimum Gasteiger partial charge on any atom is -0.406 e. The van der Waals surface area contributed by atoms with Gasteiger partial charge in [0.2, 0.25) is 9.04 Å². The monoisotopic (exact) mass is 298 g/mol. The number of hydrogen-bond acceptors (Lipinski definition) is 1. The molecule has 0 saturated carbocycles. The molecule has 1 nitrogen and oxygen atoms in total. The van der Waals surface area contributed by atoms with E-state index in [9.17, 15) is 0 Å². The van der Waals surface area contributed by atoms with Gasteiger partial charge in [-0.25, -0.2) is 0 Å². The predicted octanol–water partition coefficient (Wildman–Crippen LogP) is 4.37. The largest absolute Gasteiger partial charge is 0.406 e. The van der Waals surface area contributed by atoms with Crippen molar-refractivity contribution >= 4 is 14.2 Å². The van der Waals surface area contributed by atoms with Gasteiger partial charge in [-0.05, 0) is 29.6 Å². The maximum atomic E-state index is 6.71. The van der Waals surface area contributed by atoms with E-state index >= 15 is 0 Å². The normalized spacial score (nSPS) is 14.0. The van der Waals surface area contributed by atoms with Gasteiger partial charge < -0.3 is 4.43 Å². The van der Waals surface area contributed by atoms with Crippen LogP contribution in [0.5, 0.6) is 0 Å². The number of benzene rings is 2. The molecule has 0 unspecified atom stereocenters. The van der Waals surface area contributed by atoms with Crippen LogP contribution in [0.25, 0.3) is 0 Å². The summed E-state index contributed by atoms with van der Waals surface area (Å²) in [7, 11) is -1.58. The Kier molecular flexibility index (Phi) is 4.69. The predicted molar refractivity (Wildman–Crippen MR) is 93.5 cm³/mol. The summed E-state index contributed by atoms with van der Waals surface area (Å²) >= 11 is 0. The average Bonchev–Trinajstić information content (AvgIpc) is 2.46. The average molecular weight is 299 g/mol. The zero-order chi connectivity index (χ0) is 15.5. The minimum absolute atomic E-state index is 0.174. The third kappa shape index (κ3) is 4.05. The van der Waals surface area contributed by atoms with Crippen molar-refractivity contribution in [3.05, 3.63) is 66.2 Å². The molecular formula is C19H26OSi. The fourth-order valence-electron chi connectivity index (χ4n) is 2.57. The van der Waals surface area contributed by atoms with E-state index in [1.165, 1.54) is 10.8 Å². The molecule has 21 heavy (non-hydrogen) atoms. The smallest absolute Gasteiger partial charge is 0.214 e. The van der Waals surface area contributed by atoms with Crippen LogP contribution >= 0.6 is 0 Å². The van der Waals surface area contributed by atoms with Gasteiger partial charge in [0.15, 0.2) is 0 Å². The van der Waals surface area contributed by atoms with Crippen LogP contribution in [-0.2, 0) is 10.0 Å².